The number of aryl methyl sites for hydroxylation is 1. The van der Waals surface area contributed by atoms with Crippen molar-refractivity contribution >= 4 is 0 Å². The highest BCUT2D eigenvalue weighted by Crippen LogP contribution is 2.28. The van der Waals surface area contributed by atoms with Crippen molar-refractivity contribution in [1.82, 2.24) is 9.78 Å². The zero-order valence-electron chi connectivity index (χ0n) is 7.61. The smallest absolute Gasteiger partial charge is 0.124 e. The lowest BCUT2D eigenvalue weighted by atomic mass is 10.1. The number of aromatic hydroxyl groups is 1. The first-order valence-electron chi connectivity index (χ1n) is 4.14. The lowest BCUT2D eigenvalue weighted by Gasteiger charge is -2.00. The van der Waals surface area contributed by atoms with E-state index < -0.39 is 0 Å². The van der Waals surface area contributed by atoms with Crippen LogP contribution in [-0.4, -0.2) is 14.9 Å². The first-order chi connectivity index (χ1) is 6.66. The number of hydrogen-bond donors (Lipinski definition) is 1. The molecule has 0 saturated carbocycles. The van der Waals surface area contributed by atoms with E-state index in [-0.39, 0.29) is 11.6 Å². The van der Waals surface area contributed by atoms with Crippen molar-refractivity contribution in [2.24, 2.45) is 7.05 Å². The fourth-order valence-corrected chi connectivity index (χ4v) is 1.30. The molecule has 1 aromatic heterocycles. The number of aromatic nitrogens is 2. The molecule has 0 aliphatic carbocycles. The highest BCUT2D eigenvalue weighted by atomic mass is 19.1. The van der Waals surface area contributed by atoms with Crippen LogP contribution < -0.4 is 0 Å². The second-order valence-electron chi connectivity index (χ2n) is 3.06. The zero-order valence-corrected chi connectivity index (χ0v) is 7.61. The summed E-state index contributed by atoms with van der Waals surface area (Å²) in [5.74, 6) is -0.318. The van der Waals surface area contributed by atoms with Gasteiger partial charge in [0.1, 0.15) is 11.6 Å². The molecule has 0 amide bonds. The van der Waals surface area contributed by atoms with E-state index in [0.29, 0.717) is 11.1 Å². The molecule has 0 aliphatic rings. The minimum Gasteiger partial charge on any atom is -0.507 e. The normalized spacial score (nSPS) is 10.4. The second kappa shape index (κ2) is 3.14. The van der Waals surface area contributed by atoms with Gasteiger partial charge in [-0.15, -0.1) is 0 Å². The Kier molecular flexibility index (Phi) is 1.96. The van der Waals surface area contributed by atoms with Crippen molar-refractivity contribution in [3.8, 4) is 16.9 Å². The number of benzene rings is 1. The summed E-state index contributed by atoms with van der Waals surface area (Å²) in [6.45, 7) is 0. The third-order valence-corrected chi connectivity index (χ3v) is 1.97. The van der Waals surface area contributed by atoms with Gasteiger partial charge in [0.15, 0.2) is 0 Å². The Morgan fingerprint density at radius 3 is 2.86 bits per heavy atom. The summed E-state index contributed by atoms with van der Waals surface area (Å²) in [6.07, 6.45) is 3.29. The molecule has 0 spiro atoms. The Bertz CT molecular complexity index is 465. The van der Waals surface area contributed by atoms with Gasteiger partial charge < -0.3 is 5.11 Å². The molecule has 2 rings (SSSR count). The predicted molar refractivity (Wildman–Crippen MR) is 50.3 cm³/mol. The molecule has 1 heterocycles. The molecule has 0 unspecified atom stereocenters. The van der Waals surface area contributed by atoms with Gasteiger partial charge in [0.25, 0.3) is 0 Å². The van der Waals surface area contributed by atoms with E-state index >= 15 is 0 Å². The molecule has 0 atom stereocenters. The number of halogens is 1. The first kappa shape index (κ1) is 8.74. The Morgan fingerprint density at radius 2 is 2.21 bits per heavy atom. The van der Waals surface area contributed by atoms with Crippen LogP contribution in [0.3, 0.4) is 0 Å². The Balaban J connectivity index is 2.55. The number of hydrogen-bond acceptors (Lipinski definition) is 2. The molecule has 1 N–H and O–H groups in total. The molecule has 0 radical (unpaired) electrons. The number of phenols is 1. The Labute approximate surface area is 80.4 Å². The largest absolute Gasteiger partial charge is 0.507 e. The van der Waals surface area contributed by atoms with Crippen LogP contribution in [-0.2, 0) is 7.05 Å². The first-order valence-corrected chi connectivity index (χ1v) is 4.14. The van der Waals surface area contributed by atoms with Gasteiger partial charge in [0, 0.05) is 24.4 Å². The van der Waals surface area contributed by atoms with Gasteiger partial charge in [0.2, 0.25) is 0 Å². The van der Waals surface area contributed by atoms with Gasteiger partial charge in [-0.1, -0.05) is 0 Å². The molecule has 1 aromatic carbocycles. The van der Waals surface area contributed by atoms with Crippen LogP contribution in [0.5, 0.6) is 5.75 Å². The molecule has 0 fully saturated rings. The SMILES string of the molecule is Cn1cc(-c2cc(F)ccc2O)cn1. The monoisotopic (exact) mass is 192 g/mol. The van der Waals surface area contributed by atoms with Gasteiger partial charge in [-0.25, -0.2) is 4.39 Å². The van der Waals surface area contributed by atoms with Crippen molar-refractivity contribution in [3.05, 3.63) is 36.4 Å². The number of phenolic OH excluding ortho intramolecular Hbond substituents is 1. The van der Waals surface area contributed by atoms with Crippen molar-refractivity contribution in [2.45, 2.75) is 0 Å². The molecule has 14 heavy (non-hydrogen) atoms. The maximum absolute atomic E-state index is 12.9. The second-order valence-corrected chi connectivity index (χ2v) is 3.06. The topological polar surface area (TPSA) is 38.0 Å². The van der Waals surface area contributed by atoms with E-state index in [9.17, 15) is 9.50 Å². The van der Waals surface area contributed by atoms with Crippen molar-refractivity contribution in [1.29, 1.82) is 0 Å². The van der Waals surface area contributed by atoms with Crippen molar-refractivity contribution < 1.29 is 9.50 Å². The fraction of sp³-hybridized carbons (Fsp3) is 0.100. The van der Waals surface area contributed by atoms with Crippen LogP contribution in [0, 0.1) is 5.82 Å². The van der Waals surface area contributed by atoms with E-state index in [2.05, 4.69) is 5.10 Å². The van der Waals surface area contributed by atoms with Crippen LogP contribution in [0.25, 0.3) is 11.1 Å². The molecule has 4 heteroatoms. The lowest BCUT2D eigenvalue weighted by molar-refractivity contribution is 0.475. The average molecular weight is 192 g/mol. The third-order valence-electron chi connectivity index (χ3n) is 1.97. The Hall–Kier alpha value is -1.84. The summed E-state index contributed by atoms with van der Waals surface area (Å²) in [7, 11) is 1.76. The molecular weight excluding hydrogens is 183 g/mol. The molecule has 3 nitrogen and oxygen atoms in total. The minimum atomic E-state index is -0.373. The van der Waals surface area contributed by atoms with Crippen LogP contribution >= 0.6 is 0 Å². The maximum atomic E-state index is 12.9. The number of rotatable bonds is 1. The van der Waals surface area contributed by atoms with Crippen molar-refractivity contribution in [2.75, 3.05) is 0 Å². The fourth-order valence-electron chi connectivity index (χ4n) is 1.30. The summed E-state index contributed by atoms with van der Waals surface area (Å²) in [5, 5.41) is 13.4. The summed E-state index contributed by atoms with van der Waals surface area (Å²) in [6, 6.07) is 3.83. The standard InChI is InChI=1S/C10H9FN2O/c1-13-6-7(5-12-13)9-4-8(11)2-3-10(9)14/h2-6,14H,1H3. The molecule has 0 aliphatic heterocycles. The van der Waals surface area contributed by atoms with Crippen LogP contribution in [0.1, 0.15) is 0 Å². The Morgan fingerprint density at radius 1 is 1.43 bits per heavy atom. The lowest BCUT2D eigenvalue weighted by Crippen LogP contribution is -1.84. The minimum absolute atomic E-state index is 0.0550. The zero-order chi connectivity index (χ0) is 10.1. The molecule has 0 saturated heterocycles. The van der Waals surface area contributed by atoms with E-state index in [0.717, 1.165) is 0 Å². The highest BCUT2D eigenvalue weighted by Gasteiger charge is 2.06. The quantitative estimate of drug-likeness (QED) is 0.749. The van der Waals surface area contributed by atoms with E-state index in [1.807, 2.05) is 0 Å². The number of nitrogens with zero attached hydrogens (tertiary/aromatic N) is 2. The average Bonchev–Trinajstić information content (AvgIpc) is 2.56. The van der Waals surface area contributed by atoms with E-state index in [1.54, 1.807) is 24.1 Å². The highest BCUT2D eigenvalue weighted by molar-refractivity contribution is 5.68. The van der Waals surface area contributed by atoms with E-state index in [1.165, 1.54) is 18.2 Å². The van der Waals surface area contributed by atoms with Crippen molar-refractivity contribution in [3.63, 3.8) is 0 Å². The maximum Gasteiger partial charge on any atom is 0.124 e. The molecule has 2 aromatic rings. The molecule has 0 bridgehead atoms. The summed E-state index contributed by atoms with van der Waals surface area (Å²) >= 11 is 0. The van der Waals surface area contributed by atoms with Crippen LogP contribution in [0.4, 0.5) is 4.39 Å². The van der Waals surface area contributed by atoms with Gasteiger partial charge in [0.05, 0.1) is 6.20 Å². The molecule has 72 valence electrons. The summed E-state index contributed by atoms with van der Waals surface area (Å²) in [5.41, 5.74) is 1.16. The van der Waals surface area contributed by atoms with Gasteiger partial charge in [-0.2, -0.15) is 5.10 Å². The molecular formula is C10H9FN2O. The summed E-state index contributed by atoms with van der Waals surface area (Å²) in [4.78, 5) is 0. The summed E-state index contributed by atoms with van der Waals surface area (Å²) < 4.78 is 14.5. The van der Waals surface area contributed by atoms with E-state index in [4.69, 9.17) is 0 Å². The van der Waals surface area contributed by atoms with Gasteiger partial charge in [-0.05, 0) is 18.2 Å². The van der Waals surface area contributed by atoms with Crippen LogP contribution in [0.15, 0.2) is 30.6 Å². The van der Waals surface area contributed by atoms with Gasteiger partial charge >= 0.3 is 0 Å². The van der Waals surface area contributed by atoms with Gasteiger partial charge in [-0.3, -0.25) is 4.68 Å². The third kappa shape index (κ3) is 1.46. The predicted octanol–water partition coefficient (Wildman–Crippen LogP) is 1.93. The van der Waals surface area contributed by atoms with Crippen LogP contribution in [0.2, 0.25) is 0 Å².